The lowest BCUT2D eigenvalue weighted by Gasteiger charge is -2.10. The predicted molar refractivity (Wildman–Crippen MR) is 118 cm³/mol. The number of guanidine groups is 1. The second kappa shape index (κ2) is 8.75. The highest BCUT2D eigenvalue weighted by atomic mass is 19.1. The number of nitro groups is 1. The Morgan fingerprint density at radius 1 is 1.18 bits per heavy atom. The molecule has 1 aromatic heterocycles. The summed E-state index contributed by atoms with van der Waals surface area (Å²) < 4.78 is 18.7. The average Bonchev–Trinajstić information content (AvgIpc) is 3.36. The Balaban J connectivity index is 1.53. The van der Waals surface area contributed by atoms with E-state index in [4.69, 9.17) is 4.42 Å². The zero-order valence-electron chi connectivity index (χ0n) is 17.1. The number of hydrogen-bond donors (Lipinski definition) is 2. The number of anilines is 1. The second-order valence-electron chi connectivity index (χ2n) is 6.89. The third-order valence-corrected chi connectivity index (χ3v) is 4.71. The van der Waals surface area contributed by atoms with E-state index in [2.05, 4.69) is 15.6 Å². The second-order valence-corrected chi connectivity index (χ2v) is 6.89. The molecular weight excluding hydrogens is 433 g/mol. The van der Waals surface area contributed by atoms with Crippen LogP contribution in [-0.4, -0.2) is 34.8 Å². The minimum atomic E-state index is -0.762. The summed E-state index contributed by atoms with van der Waals surface area (Å²) >= 11 is 0. The fraction of sp³-hybridized carbons (Fsp3) is 0.0455. The highest BCUT2D eigenvalue weighted by Gasteiger charge is 2.29. The molecule has 0 radical (unpaired) electrons. The van der Waals surface area contributed by atoms with Gasteiger partial charge in [-0.05, 0) is 42.5 Å². The standard InChI is InChI=1S/C22H16FN5O5/c1-27-18(12-15-10-11-19(33-15)16-4-2-3-5-17(16)28(31)32)20(29)25-21(27)26-22(30)24-14-8-6-13(23)7-9-14/h2-12H,1H3,(H2,24,25,26,29,30)/b18-12+. The molecule has 1 saturated heterocycles. The first-order valence-corrected chi connectivity index (χ1v) is 9.57. The zero-order chi connectivity index (χ0) is 23.5. The molecule has 0 spiro atoms. The number of carbonyl (C=O) groups excluding carboxylic acids is 2. The van der Waals surface area contributed by atoms with Crippen LogP contribution in [-0.2, 0) is 4.79 Å². The van der Waals surface area contributed by atoms with Crippen LogP contribution < -0.4 is 10.6 Å². The normalized spacial score (nSPS) is 15.7. The number of rotatable bonds is 4. The smallest absolute Gasteiger partial charge is 0.348 e. The van der Waals surface area contributed by atoms with E-state index in [-0.39, 0.29) is 28.9 Å². The van der Waals surface area contributed by atoms with Gasteiger partial charge in [-0.1, -0.05) is 12.1 Å². The van der Waals surface area contributed by atoms with Gasteiger partial charge in [0.1, 0.15) is 23.0 Å². The summed E-state index contributed by atoms with van der Waals surface area (Å²) in [4.78, 5) is 40.5. The van der Waals surface area contributed by atoms with Crippen molar-refractivity contribution in [2.75, 3.05) is 12.4 Å². The number of benzene rings is 2. The number of likely N-dealkylation sites (N-methyl/N-ethyl adjacent to an activating group) is 1. The first-order chi connectivity index (χ1) is 15.8. The van der Waals surface area contributed by atoms with Gasteiger partial charge in [0.15, 0.2) is 0 Å². The number of nitro benzene ring substituents is 1. The molecule has 3 aromatic rings. The van der Waals surface area contributed by atoms with Gasteiger partial charge in [0.25, 0.3) is 11.6 Å². The van der Waals surface area contributed by atoms with Crippen LogP contribution in [0.4, 0.5) is 20.6 Å². The van der Waals surface area contributed by atoms with Crippen molar-refractivity contribution in [3.8, 4) is 11.3 Å². The number of carbonyl (C=O) groups is 2. The number of para-hydroxylation sites is 1. The van der Waals surface area contributed by atoms with Crippen molar-refractivity contribution in [3.63, 3.8) is 0 Å². The lowest BCUT2D eigenvalue weighted by Crippen LogP contribution is -2.29. The Labute approximate surface area is 186 Å². The van der Waals surface area contributed by atoms with E-state index < -0.39 is 22.7 Å². The van der Waals surface area contributed by atoms with Crippen molar-refractivity contribution in [2.24, 2.45) is 4.99 Å². The third-order valence-electron chi connectivity index (χ3n) is 4.71. The number of hydrogen-bond acceptors (Lipinski definition) is 5. The molecule has 0 aliphatic carbocycles. The zero-order valence-corrected chi connectivity index (χ0v) is 17.1. The van der Waals surface area contributed by atoms with Gasteiger partial charge in [0.2, 0.25) is 5.96 Å². The summed E-state index contributed by atoms with van der Waals surface area (Å²) in [5.74, 6) is -0.439. The van der Waals surface area contributed by atoms with E-state index in [1.807, 2.05) is 0 Å². The Morgan fingerprint density at radius 3 is 2.64 bits per heavy atom. The monoisotopic (exact) mass is 449 g/mol. The fourth-order valence-corrected chi connectivity index (χ4v) is 3.11. The predicted octanol–water partition coefficient (Wildman–Crippen LogP) is 3.98. The third kappa shape index (κ3) is 4.61. The van der Waals surface area contributed by atoms with Crippen molar-refractivity contribution in [1.29, 1.82) is 0 Å². The number of aliphatic imine (C=N–C) groups is 1. The van der Waals surface area contributed by atoms with Gasteiger partial charge in [-0.2, -0.15) is 4.99 Å². The molecule has 1 aliphatic rings. The molecule has 1 fully saturated rings. The SMILES string of the molecule is CN1/C(=C/c2ccc(-c3ccccc3[N+](=O)[O-])o2)C(=O)N/C1=N\C(=O)Nc1ccc(F)cc1. The largest absolute Gasteiger partial charge is 0.456 e. The Hall–Kier alpha value is -4.80. The van der Waals surface area contributed by atoms with E-state index in [0.717, 1.165) is 0 Å². The number of nitrogens with one attached hydrogen (secondary N) is 2. The van der Waals surface area contributed by atoms with E-state index in [1.165, 1.54) is 48.4 Å². The molecule has 0 atom stereocenters. The Morgan fingerprint density at radius 2 is 1.91 bits per heavy atom. The van der Waals surface area contributed by atoms with Crippen molar-refractivity contribution >= 4 is 35.3 Å². The van der Waals surface area contributed by atoms with E-state index in [0.29, 0.717) is 11.3 Å². The lowest BCUT2D eigenvalue weighted by atomic mass is 10.1. The minimum absolute atomic E-state index is 0.0173. The number of urea groups is 1. The maximum absolute atomic E-state index is 13.0. The molecule has 4 rings (SSSR count). The van der Waals surface area contributed by atoms with Crippen molar-refractivity contribution < 1.29 is 23.3 Å². The van der Waals surface area contributed by atoms with Crippen LogP contribution in [0, 0.1) is 15.9 Å². The molecule has 10 nitrogen and oxygen atoms in total. The van der Waals surface area contributed by atoms with Gasteiger partial charge in [0.05, 0.1) is 10.5 Å². The van der Waals surface area contributed by atoms with E-state index in [1.54, 1.807) is 30.3 Å². The molecule has 2 aromatic carbocycles. The molecular formula is C22H16FN5O5. The van der Waals surface area contributed by atoms with Crippen molar-refractivity contribution in [1.82, 2.24) is 10.2 Å². The van der Waals surface area contributed by atoms with E-state index >= 15 is 0 Å². The van der Waals surface area contributed by atoms with Crippen LogP contribution in [0.15, 0.2) is 75.8 Å². The molecule has 2 N–H and O–H groups in total. The first-order valence-electron chi connectivity index (χ1n) is 9.57. The van der Waals surface area contributed by atoms with Crippen LogP contribution in [0.2, 0.25) is 0 Å². The van der Waals surface area contributed by atoms with Gasteiger partial charge < -0.3 is 14.6 Å². The molecule has 166 valence electrons. The summed E-state index contributed by atoms with van der Waals surface area (Å²) in [6.07, 6.45) is 1.42. The molecule has 3 amide bonds. The maximum Gasteiger partial charge on any atom is 0.348 e. The summed E-state index contributed by atoms with van der Waals surface area (Å²) in [5, 5.41) is 16.2. The summed E-state index contributed by atoms with van der Waals surface area (Å²) in [7, 11) is 1.53. The van der Waals surface area contributed by atoms with Gasteiger partial charge in [-0.15, -0.1) is 0 Å². The Bertz CT molecular complexity index is 1310. The number of nitrogens with zero attached hydrogens (tertiary/aromatic N) is 3. The van der Waals surface area contributed by atoms with Crippen LogP contribution in [0.5, 0.6) is 0 Å². The summed E-state index contributed by atoms with van der Waals surface area (Å²) in [6, 6.07) is 13.6. The van der Waals surface area contributed by atoms with Crippen LogP contribution in [0.1, 0.15) is 5.76 Å². The Kier molecular flexibility index (Phi) is 5.68. The van der Waals surface area contributed by atoms with Crippen LogP contribution >= 0.6 is 0 Å². The number of furan rings is 1. The average molecular weight is 449 g/mol. The minimum Gasteiger partial charge on any atom is -0.456 e. The highest BCUT2D eigenvalue weighted by molar-refractivity contribution is 6.17. The summed E-state index contributed by atoms with van der Waals surface area (Å²) in [5.41, 5.74) is 0.679. The molecule has 0 unspecified atom stereocenters. The molecule has 33 heavy (non-hydrogen) atoms. The van der Waals surface area contributed by atoms with Gasteiger partial charge in [0, 0.05) is 24.9 Å². The quantitative estimate of drug-likeness (QED) is 0.352. The van der Waals surface area contributed by atoms with Gasteiger partial charge in [-0.25, -0.2) is 9.18 Å². The number of amides is 3. The van der Waals surface area contributed by atoms with Gasteiger partial charge in [-0.3, -0.25) is 20.2 Å². The fourth-order valence-electron chi connectivity index (χ4n) is 3.11. The van der Waals surface area contributed by atoms with Crippen LogP contribution in [0.3, 0.4) is 0 Å². The van der Waals surface area contributed by atoms with Crippen molar-refractivity contribution in [2.45, 2.75) is 0 Å². The molecule has 0 saturated carbocycles. The van der Waals surface area contributed by atoms with Crippen molar-refractivity contribution in [3.05, 3.63) is 88.1 Å². The molecule has 11 heteroatoms. The molecule has 0 bridgehead atoms. The number of halogens is 1. The molecule has 1 aliphatic heterocycles. The van der Waals surface area contributed by atoms with E-state index in [9.17, 15) is 24.1 Å². The first kappa shape index (κ1) is 21.4. The lowest BCUT2D eigenvalue weighted by molar-refractivity contribution is -0.384. The van der Waals surface area contributed by atoms with Gasteiger partial charge >= 0.3 is 6.03 Å². The van der Waals surface area contributed by atoms with Crippen LogP contribution in [0.25, 0.3) is 17.4 Å². The summed E-state index contributed by atoms with van der Waals surface area (Å²) in [6.45, 7) is 0. The molecule has 2 heterocycles. The topological polar surface area (TPSA) is 130 Å². The highest BCUT2D eigenvalue weighted by Crippen LogP contribution is 2.31. The maximum atomic E-state index is 13.0.